The van der Waals surface area contributed by atoms with Crippen molar-refractivity contribution in [1.82, 2.24) is 24.4 Å². The lowest BCUT2D eigenvalue weighted by Crippen LogP contribution is -2.28. The molecule has 39 heavy (non-hydrogen) atoms. The minimum atomic E-state index is -0.421. The van der Waals surface area contributed by atoms with Gasteiger partial charge in [0.15, 0.2) is 0 Å². The summed E-state index contributed by atoms with van der Waals surface area (Å²) in [4.78, 5) is 30.6. The largest absolute Gasteiger partial charge is 0.296 e. The molecule has 0 saturated heterocycles. The Morgan fingerprint density at radius 1 is 0.872 bits per heavy atom. The highest BCUT2D eigenvalue weighted by Gasteiger charge is 2.17. The highest BCUT2D eigenvalue weighted by atomic mass is 32.1. The monoisotopic (exact) mass is 531 g/mol. The van der Waals surface area contributed by atoms with Gasteiger partial charge in [0.25, 0.3) is 11.1 Å². The number of thiazole rings is 1. The van der Waals surface area contributed by atoms with Crippen molar-refractivity contribution in [2.75, 3.05) is 0 Å². The van der Waals surface area contributed by atoms with E-state index in [0.29, 0.717) is 11.0 Å². The van der Waals surface area contributed by atoms with E-state index in [1.54, 1.807) is 0 Å². The smallest absolute Gasteiger partial charge is 0.266 e. The number of hydrogen-bond acceptors (Lipinski definition) is 6. The van der Waals surface area contributed by atoms with Gasteiger partial charge in [-0.05, 0) is 55.7 Å². The van der Waals surface area contributed by atoms with Crippen molar-refractivity contribution in [1.29, 1.82) is 0 Å². The molecule has 0 aliphatic heterocycles. The second kappa shape index (κ2) is 9.89. The summed E-state index contributed by atoms with van der Waals surface area (Å²) in [5.74, 6) is 0. The lowest BCUT2D eigenvalue weighted by atomic mass is 9.95. The number of para-hydroxylation sites is 1. The molecule has 0 bridgehead atoms. The standard InChI is InChI=1S/C31H25N5O2S/c1-19-14-20(2)27(21(3)15-19)28-23(18-35(34-28)24-12-8-5-9-13-24)17-26-30(38)36-31(39-26)32-29(37)25(33-36)16-22-10-6-4-7-11-22/h4-15,17-18H,16H2,1-3H3. The highest BCUT2D eigenvalue weighted by molar-refractivity contribution is 7.15. The molecule has 8 heteroatoms. The third-order valence-electron chi connectivity index (χ3n) is 6.63. The third kappa shape index (κ3) is 4.70. The number of rotatable bonds is 5. The lowest BCUT2D eigenvalue weighted by molar-refractivity contribution is 0.811. The summed E-state index contributed by atoms with van der Waals surface area (Å²) in [5, 5.41) is 9.36. The van der Waals surface area contributed by atoms with Gasteiger partial charge in [-0.25, -0.2) is 4.68 Å². The van der Waals surface area contributed by atoms with E-state index in [-0.39, 0.29) is 16.2 Å². The van der Waals surface area contributed by atoms with Gasteiger partial charge in [0, 0.05) is 23.7 Å². The number of fused-ring (bicyclic) bond motifs is 1. The predicted octanol–water partition coefficient (Wildman–Crippen LogP) is 4.43. The molecule has 0 unspecified atom stereocenters. The van der Waals surface area contributed by atoms with Crippen molar-refractivity contribution in [2.24, 2.45) is 0 Å². The molecule has 3 aromatic carbocycles. The van der Waals surface area contributed by atoms with Gasteiger partial charge in [0.05, 0.1) is 10.2 Å². The number of aromatic nitrogens is 5. The Morgan fingerprint density at radius 2 is 1.54 bits per heavy atom. The maximum atomic E-state index is 13.5. The minimum Gasteiger partial charge on any atom is -0.266 e. The molecule has 6 aromatic rings. The molecule has 0 aliphatic carbocycles. The molecular formula is C31H25N5O2S. The fourth-order valence-corrected chi connectivity index (χ4v) is 5.83. The molecule has 6 rings (SSSR count). The van der Waals surface area contributed by atoms with E-state index in [0.717, 1.165) is 50.5 Å². The molecule has 0 fully saturated rings. The van der Waals surface area contributed by atoms with Crippen molar-refractivity contribution < 1.29 is 0 Å². The van der Waals surface area contributed by atoms with Gasteiger partial charge in [-0.15, -0.1) is 0 Å². The van der Waals surface area contributed by atoms with Crippen LogP contribution in [0.2, 0.25) is 0 Å². The zero-order chi connectivity index (χ0) is 27.1. The third-order valence-corrected chi connectivity index (χ3v) is 7.59. The molecule has 0 atom stereocenters. The van der Waals surface area contributed by atoms with E-state index in [9.17, 15) is 9.59 Å². The minimum absolute atomic E-state index is 0.239. The average molecular weight is 532 g/mol. The maximum Gasteiger partial charge on any atom is 0.296 e. The van der Waals surface area contributed by atoms with Crippen molar-refractivity contribution in [3.63, 3.8) is 0 Å². The Balaban J connectivity index is 1.53. The molecule has 0 amide bonds. The fraction of sp³-hybridized carbons (Fsp3) is 0.129. The average Bonchev–Trinajstić information content (AvgIpc) is 3.46. The Hall–Kier alpha value is -4.69. The van der Waals surface area contributed by atoms with Gasteiger partial charge in [0.1, 0.15) is 11.4 Å². The maximum absolute atomic E-state index is 13.5. The van der Waals surface area contributed by atoms with E-state index >= 15 is 0 Å². The van der Waals surface area contributed by atoms with Crippen LogP contribution in [-0.2, 0) is 6.42 Å². The second-order valence-corrected chi connectivity index (χ2v) is 10.6. The van der Waals surface area contributed by atoms with E-state index in [2.05, 4.69) is 43.0 Å². The second-order valence-electron chi connectivity index (χ2n) is 9.62. The van der Waals surface area contributed by atoms with Crippen LogP contribution in [0, 0.1) is 20.8 Å². The lowest BCUT2D eigenvalue weighted by Gasteiger charge is -2.10. The molecule has 3 heterocycles. The summed E-state index contributed by atoms with van der Waals surface area (Å²) >= 11 is 1.15. The predicted molar refractivity (Wildman–Crippen MR) is 155 cm³/mol. The summed E-state index contributed by atoms with van der Waals surface area (Å²) in [6, 6.07) is 23.7. The summed E-state index contributed by atoms with van der Waals surface area (Å²) in [6.07, 6.45) is 4.06. The molecule has 0 saturated carbocycles. The summed E-state index contributed by atoms with van der Waals surface area (Å²) in [5.41, 5.74) is 7.37. The van der Waals surface area contributed by atoms with E-state index < -0.39 is 5.56 Å². The summed E-state index contributed by atoms with van der Waals surface area (Å²) in [7, 11) is 0. The molecule has 0 N–H and O–H groups in total. The number of benzene rings is 3. The van der Waals surface area contributed by atoms with Crippen LogP contribution in [0.25, 0.3) is 28.0 Å². The number of hydrogen-bond donors (Lipinski definition) is 0. The van der Waals surface area contributed by atoms with Crippen LogP contribution in [0.5, 0.6) is 0 Å². The fourth-order valence-electron chi connectivity index (χ4n) is 4.94. The Morgan fingerprint density at radius 3 is 2.23 bits per heavy atom. The van der Waals surface area contributed by atoms with Crippen molar-refractivity contribution in [2.45, 2.75) is 27.2 Å². The first kappa shape index (κ1) is 24.6. The van der Waals surface area contributed by atoms with Crippen LogP contribution < -0.4 is 15.7 Å². The molecule has 3 aromatic heterocycles. The van der Waals surface area contributed by atoms with E-state index in [4.69, 9.17) is 5.10 Å². The van der Waals surface area contributed by atoms with Gasteiger partial charge in [-0.3, -0.25) is 9.59 Å². The first-order valence-electron chi connectivity index (χ1n) is 12.6. The van der Waals surface area contributed by atoms with Gasteiger partial charge in [-0.1, -0.05) is 77.6 Å². The topological polar surface area (TPSA) is 82.2 Å². The van der Waals surface area contributed by atoms with Crippen LogP contribution in [0.3, 0.4) is 0 Å². The molecular weight excluding hydrogens is 506 g/mol. The quantitative estimate of drug-likeness (QED) is 0.329. The van der Waals surface area contributed by atoms with Crippen LogP contribution in [0.1, 0.15) is 33.5 Å². The summed E-state index contributed by atoms with van der Waals surface area (Å²) < 4.78 is 3.50. The zero-order valence-corrected chi connectivity index (χ0v) is 22.6. The molecule has 192 valence electrons. The Bertz CT molecular complexity index is 1990. The Labute approximate surface area is 228 Å². The molecule has 0 radical (unpaired) electrons. The number of nitrogens with zero attached hydrogens (tertiary/aromatic N) is 5. The SMILES string of the molecule is Cc1cc(C)c(-c2nn(-c3ccccc3)cc2C=c2sc3nc(=O)c(Cc4ccccc4)nn3c2=O)c(C)c1. The van der Waals surface area contributed by atoms with Gasteiger partial charge >= 0.3 is 0 Å². The zero-order valence-electron chi connectivity index (χ0n) is 21.8. The van der Waals surface area contributed by atoms with Gasteiger partial charge in [0.2, 0.25) is 4.96 Å². The van der Waals surface area contributed by atoms with E-state index in [1.165, 1.54) is 10.1 Å². The Kier molecular flexibility index (Phi) is 6.24. The molecule has 7 nitrogen and oxygen atoms in total. The normalized spacial score (nSPS) is 11.9. The van der Waals surface area contributed by atoms with Crippen molar-refractivity contribution >= 4 is 22.4 Å². The first-order chi connectivity index (χ1) is 18.9. The number of aryl methyl sites for hydroxylation is 3. The van der Waals surface area contributed by atoms with Crippen molar-refractivity contribution in [3.8, 4) is 16.9 Å². The van der Waals surface area contributed by atoms with E-state index in [1.807, 2.05) is 77.6 Å². The van der Waals surface area contributed by atoms with Gasteiger partial charge < -0.3 is 0 Å². The highest BCUT2D eigenvalue weighted by Crippen LogP contribution is 2.31. The first-order valence-corrected chi connectivity index (χ1v) is 13.4. The van der Waals surface area contributed by atoms with Gasteiger partial charge in [-0.2, -0.15) is 19.7 Å². The molecule has 0 aliphatic rings. The molecule has 0 spiro atoms. The van der Waals surface area contributed by atoms with Crippen LogP contribution in [0.4, 0.5) is 0 Å². The van der Waals surface area contributed by atoms with Crippen LogP contribution >= 0.6 is 11.3 Å². The summed E-state index contributed by atoms with van der Waals surface area (Å²) in [6.45, 7) is 6.23. The van der Waals surface area contributed by atoms with Crippen LogP contribution in [-0.4, -0.2) is 24.4 Å². The van der Waals surface area contributed by atoms with Crippen molar-refractivity contribution in [3.05, 3.63) is 138 Å². The van der Waals surface area contributed by atoms with Crippen LogP contribution in [0.15, 0.2) is 88.6 Å².